The molecule has 0 unspecified atom stereocenters. The van der Waals surface area contributed by atoms with E-state index >= 15 is 0 Å². The van der Waals surface area contributed by atoms with Gasteiger partial charge in [-0.05, 0) is 25.0 Å². The maximum atomic E-state index is 12.2. The predicted molar refractivity (Wildman–Crippen MR) is 89.3 cm³/mol. The molecule has 0 bridgehead atoms. The van der Waals surface area contributed by atoms with E-state index in [2.05, 4.69) is 10.0 Å². The third-order valence-electron chi connectivity index (χ3n) is 4.24. The first-order valence-corrected chi connectivity index (χ1v) is 9.52. The van der Waals surface area contributed by atoms with Crippen LogP contribution in [0.5, 0.6) is 0 Å². The van der Waals surface area contributed by atoms with Gasteiger partial charge in [-0.3, -0.25) is 9.59 Å². The SMILES string of the molecule is NC(=O)[C@H]1CCCC[C@H]1C(=O)NCCNS(=O)(=O)c1ccccc1. The Bertz CT molecular complexity index is 676. The second-order valence-corrected chi connectivity index (χ2v) is 7.67. The molecular formula is C16H23N3O4S. The van der Waals surface area contributed by atoms with E-state index in [0.29, 0.717) is 12.8 Å². The molecule has 0 spiro atoms. The second-order valence-electron chi connectivity index (χ2n) is 5.90. The van der Waals surface area contributed by atoms with Gasteiger partial charge in [0.25, 0.3) is 0 Å². The average Bonchev–Trinajstić information content (AvgIpc) is 2.59. The number of carbonyl (C=O) groups is 2. The lowest BCUT2D eigenvalue weighted by atomic mass is 9.78. The molecular weight excluding hydrogens is 330 g/mol. The molecule has 1 aromatic rings. The van der Waals surface area contributed by atoms with E-state index in [1.54, 1.807) is 18.2 Å². The molecule has 1 aliphatic rings. The fraction of sp³-hybridized carbons (Fsp3) is 0.500. The molecule has 0 saturated heterocycles. The highest BCUT2D eigenvalue weighted by Gasteiger charge is 2.34. The first-order chi connectivity index (χ1) is 11.4. The van der Waals surface area contributed by atoms with Gasteiger partial charge < -0.3 is 11.1 Å². The van der Waals surface area contributed by atoms with Crippen LogP contribution >= 0.6 is 0 Å². The zero-order valence-electron chi connectivity index (χ0n) is 13.4. The molecule has 1 saturated carbocycles. The normalized spacial score (nSPS) is 21.2. The van der Waals surface area contributed by atoms with Gasteiger partial charge in [-0.1, -0.05) is 31.0 Å². The minimum absolute atomic E-state index is 0.0803. The molecule has 1 aliphatic carbocycles. The number of hydrogen-bond acceptors (Lipinski definition) is 4. The van der Waals surface area contributed by atoms with Crippen molar-refractivity contribution in [3.63, 3.8) is 0 Å². The summed E-state index contributed by atoms with van der Waals surface area (Å²) in [5.41, 5.74) is 5.36. The molecule has 1 fully saturated rings. The van der Waals surface area contributed by atoms with Crippen LogP contribution in [0, 0.1) is 11.8 Å². The molecule has 132 valence electrons. The summed E-state index contributed by atoms with van der Waals surface area (Å²) in [6, 6.07) is 8.02. The predicted octanol–water partition coefficient (Wildman–Crippen LogP) is 0.373. The summed E-state index contributed by atoms with van der Waals surface area (Å²) in [5, 5.41) is 2.69. The molecule has 2 atom stereocenters. The van der Waals surface area contributed by atoms with Crippen LogP contribution in [0.1, 0.15) is 25.7 Å². The van der Waals surface area contributed by atoms with Gasteiger partial charge in [-0.15, -0.1) is 0 Å². The van der Waals surface area contributed by atoms with Crippen molar-refractivity contribution >= 4 is 21.8 Å². The zero-order chi connectivity index (χ0) is 17.6. The number of primary amides is 1. The van der Waals surface area contributed by atoms with Crippen molar-refractivity contribution < 1.29 is 18.0 Å². The lowest BCUT2D eigenvalue weighted by molar-refractivity contribution is -0.134. The highest BCUT2D eigenvalue weighted by molar-refractivity contribution is 7.89. The lowest BCUT2D eigenvalue weighted by Gasteiger charge is -2.28. The Morgan fingerprint density at radius 3 is 2.29 bits per heavy atom. The van der Waals surface area contributed by atoms with E-state index in [1.165, 1.54) is 12.1 Å². The number of sulfonamides is 1. The fourth-order valence-corrected chi connectivity index (χ4v) is 4.02. The molecule has 0 radical (unpaired) electrons. The Hall–Kier alpha value is -1.93. The minimum Gasteiger partial charge on any atom is -0.369 e. The van der Waals surface area contributed by atoms with E-state index in [4.69, 9.17) is 5.73 Å². The van der Waals surface area contributed by atoms with Crippen LogP contribution in [-0.4, -0.2) is 33.3 Å². The van der Waals surface area contributed by atoms with E-state index in [9.17, 15) is 18.0 Å². The van der Waals surface area contributed by atoms with E-state index in [-0.39, 0.29) is 23.9 Å². The second kappa shape index (κ2) is 8.25. The number of benzene rings is 1. The Morgan fingerprint density at radius 1 is 1.04 bits per heavy atom. The molecule has 0 heterocycles. The van der Waals surface area contributed by atoms with Crippen molar-refractivity contribution in [1.82, 2.24) is 10.0 Å². The van der Waals surface area contributed by atoms with E-state index in [0.717, 1.165) is 12.8 Å². The van der Waals surface area contributed by atoms with Crippen LogP contribution in [0.2, 0.25) is 0 Å². The van der Waals surface area contributed by atoms with Gasteiger partial charge in [-0.25, -0.2) is 13.1 Å². The smallest absolute Gasteiger partial charge is 0.240 e. The first-order valence-electron chi connectivity index (χ1n) is 8.03. The highest BCUT2D eigenvalue weighted by Crippen LogP contribution is 2.29. The van der Waals surface area contributed by atoms with Gasteiger partial charge in [0, 0.05) is 24.9 Å². The average molecular weight is 353 g/mol. The summed E-state index contributed by atoms with van der Waals surface area (Å²) in [5.74, 6) is -1.53. The number of nitrogens with two attached hydrogens (primary N) is 1. The largest absolute Gasteiger partial charge is 0.369 e. The maximum absolute atomic E-state index is 12.2. The highest BCUT2D eigenvalue weighted by atomic mass is 32.2. The third-order valence-corrected chi connectivity index (χ3v) is 5.71. The van der Waals surface area contributed by atoms with Gasteiger partial charge in [-0.2, -0.15) is 0 Å². The summed E-state index contributed by atoms with van der Waals surface area (Å²) in [6.07, 6.45) is 3.06. The Balaban J connectivity index is 1.81. The van der Waals surface area contributed by atoms with Gasteiger partial charge in [0.15, 0.2) is 0 Å². The van der Waals surface area contributed by atoms with Crippen molar-refractivity contribution in [2.24, 2.45) is 17.6 Å². The summed E-state index contributed by atoms with van der Waals surface area (Å²) >= 11 is 0. The van der Waals surface area contributed by atoms with Crippen LogP contribution in [0.25, 0.3) is 0 Å². The van der Waals surface area contributed by atoms with Crippen molar-refractivity contribution in [3.05, 3.63) is 30.3 Å². The summed E-state index contributed by atoms with van der Waals surface area (Å²) in [7, 11) is -3.58. The molecule has 8 heteroatoms. The summed E-state index contributed by atoms with van der Waals surface area (Å²) in [4.78, 5) is 23.8. The Morgan fingerprint density at radius 2 is 1.67 bits per heavy atom. The molecule has 2 amide bonds. The van der Waals surface area contributed by atoms with Crippen molar-refractivity contribution in [3.8, 4) is 0 Å². The summed E-state index contributed by atoms with van der Waals surface area (Å²) in [6.45, 7) is 0.240. The van der Waals surface area contributed by atoms with E-state index in [1.807, 2.05) is 0 Å². The fourth-order valence-electron chi connectivity index (χ4n) is 2.97. The Kier molecular flexibility index (Phi) is 6.33. The summed E-state index contributed by atoms with van der Waals surface area (Å²) < 4.78 is 26.5. The monoisotopic (exact) mass is 353 g/mol. The number of carbonyl (C=O) groups excluding carboxylic acids is 2. The topological polar surface area (TPSA) is 118 Å². The molecule has 0 aliphatic heterocycles. The van der Waals surface area contributed by atoms with Crippen molar-refractivity contribution in [2.45, 2.75) is 30.6 Å². The van der Waals surface area contributed by atoms with Gasteiger partial charge in [0.1, 0.15) is 0 Å². The zero-order valence-corrected chi connectivity index (χ0v) is 14.2. The van der Waals surface area contributed by atoms with Gasteiger partial charge >= 0.3 is 0 Å². The maximum Gasteiger partial charge on any atom is 0.240 e. The molecule has 24 heavy (non-hydrogen) atoms. The lowest BCUT2D eigenvalue weighted by Crippen LogP contribution is -2.44. The molecule has 7 nitrogen and oxygen atoms in total. The van der Waals surface area contributed by atoms with Crippen LogP contribution in [0.4, 0.5) is 0 Å². The number of nitrogens with one attached hydrogen (secondary N) is 2. The van der Waals surface area contributed by atoms with Gasteiger partial charge in [0.05, 0.1) is 4.90 Å². The first kappa shape index (κ1) is 18.4. The van der Waals surface area contributed by atoms with Crippen molar-refractivity contribution in [2.75, 3.05) is 13.1 Å². The van der Waals surface area contributed by atoms with Crippen LogP contribution < -0.4 is 15.8 Å². The molecule has 2 rings (SSSR count). The standard InChI is InChI=1S/C16H23N3O4S/c17-15(20)13-8-4-5-9-14(13)16(21)18-10-11-19-24(22,23)12-6-2-1-3-7-12/h1-3,6-7,13-14,19H,4-5,8-11H2,(H2,17,20)(H,18,21)/t13-,14+/m0/s1. The number of rotatable bonds is 7. The quantitative estimate of drug-likeness (QED) is 0.614. The molecule has 0 aromatic heterocycles. The van der Waals surface area contributed by atoms with Crippen molar-refractivity contribution in [1.29, 1.82) is 0 Å². The van der Waals surface area contributed by atoms with Crippen LogP contribution in [-0.2, 0) is 19.6 Å². The number of amides is 2. The minimum atomic E-state index is -3.58. The van der Waals surface area contributed by atoms with Gasteiger partial charge in [0.2, 0.25) is 21.8 Å². The molecule has 1 aromatic carbocycles. The molecule has 4 N–H and O–H groups in total. The number of hydrogen-bond donors (Lipinski definition) is 3. The van der Waals surface area contributed by atoms with Crippen LogP contribution in [0.15, 0.2) is 35.2 Å². The Labute approximate surface area is 142 Å². The third kappa shape index (κ3) is 4.78. The van der Waals surface area contributed by atoms with E-state index < -0.39 is 27.8 Å². The van der Waals surface area contributed by atoms with Crippen LogP contribution in [0.3, 0.4) is 0 Å².